The summed E-state index contributed by atoms with van der Waals surface area (Å²) in [7, 11) is 0. The zero-order chi connectivity index (χ0) is 22.9. The van der Waals surface area contributed by atoms with Crippen LogP contribution in [0.25, 0.3) is 10.9 Å². The topological polar surface area (TPSA) is 73.9 Å². The zero-order valence-electron chi connectivity index (χ0n) is 18.8. The van der Waals surface area contributed by atoms with Gasteiger partial charge in [-0.25, -0.2) is 0 Å². The van der Waals surface area contributed by atoms with Gasteiger partial charge in [-0.2, -0.15) is 19.6 Å². The summed E-state index contributed by atoms with van der Waals surface area (Å²) >= 11 is 6.13. The number of nitrogens with one attached hydrogen (secondary N) is 2. The van der Waals surface area contributed by atoms with Crippen LogP contribution in [0.4, 0.5) is 17.1 Å². The summed E-state index contributed by atoms with van der Waals surface area (Å²) in [5, 5.41) is 8.63. The van der Waals surface area contributed by atoms with Gasteiger partial charge in [-0.3, -0.25) is 4.98 Å². The third kappa shape index (κ3) is 4.65. The van der Waals surface area contributed by atoms with Crippen molar-refractivity contribution in [2.45, 2.75) is 63.6 Å². The first-order valence-electron chi connectivity index (χ1n) is 11.4. The Labute approximate surface area is 198 Å². The lowest BCUT2D eigenvalue weighted by Gasteiger charge is -2.45. The third-order valence-electron chi connectivity index (χ3n) is 6.39. The molecule has 1 aromatic heterocycles. The molecule has 0 bridgehead atoms. The molecule has 2 aromatic carbocycles. The lowest BCUT2D eigenvalue weighted by atomic mass is 9.94. The van der Waals surface area contributed by atoms with Crippen LogP contribution in [-0.2, 0) is 19.6 Å². The Balaban J connectivity index is 1.32. The Hall–Kier alpha value is -2.42. The number of aromatic nitrogens is 1. The Kier molecular flexibility index (Phi) is 6.16. The molecule has 2 aliphatic rings. The molecule has 1 spiro atoms. The van der Waals surface area contributed by atoms with Gasteiger partial charge >= 0.3 is 0 Å². The van der Waals surface area contributed by atoms with Crippen molar-refractivity contribution in [3.63, 3.8) is 0 Å². The number of hydrogen-bond acceptors (Lipinski definition) is 7. The van der Waals surface area contributed by atoms with Gasteiger partial charge in [-0.05, 0) is 63.1 Å². The van der Waals surface area contributed by atoms with Crippen molar-refractivity contribution in [3.05, 3.63) is 59.8 Å². The van der Waals surface area contributed by atoms with E-state index in [4.69, 9.17) is 31.2 Å². The first kappa shape index (κ1) is 22.4. The second-order valence-electron chi connectivity index (χ2n) is 8.88. The van der Waals surface area contributed by atoms with E-state index < -0.39 is 11.6 Å². The van der Waals surface area contributed by atoms with Crippen LogP contribution in [0.3, 0.4) is 0 Å². The van der Waals surface area contributed by atoms with Crippen LogP contribution in [-0.4, -0.2) is 22.6 Å². The molecule has 2 fully saturated rings. The number of rotatable bonds is 5. The minimum atomic E-state index is -1.12. The molecule has 1 saturated carbocycles. The van der Waals surface area contributed by atoms with E-state index in [1.807, 2.05) is 55.5 Å². The van der Waals surface area contributed by atoms with Crippen molar-refractivity contribution in [1.29, 1.82) is 0 Å². The fourth-order valence-electron chi connectivity index (χ4n) is 4.20. The monoisotopic (exact) mass is 469 g/mol. The quantitative estimate of drug-likeness (QED) is 0.402. The smallest absolute Gasteiger partial charge is 0.250 e. The van der Waals surface area contributed by atoms with Gasteiger partial charge in [-0.15, -0.1) is 0 Å². The zero-order valence-corrected chi connectivity index (χ0v) is 19.5. The molecule has 1 saturated heterocycles. The first-order valence-corrected chi connectivity index (χ1v) is 11.7. The van der Waals surface area contributed by atoms with Crippen molar-refractivity contribution in [2.24, 2.45) is 0 Å². The maximum absolute atomic E-state index is 6.13. The van der Waals surface area contributed by atoms with Crippen molar-refractivity contribution < 1.29 is 19.6 Å². The van der Waals surface area contributed by atoms with Crippen LogP contribution in [0.15, 0.2) is 54.7 Å². The minimum absolute atomic E-state index is 0.283. The second kappa shape index (κ2) is 9.08. The van der Waals surface area contributed by atoms with E-state index in [1.54, 1.807) is 13.1 Å². The molecule has 174 valence electrons. The average Bonchev–Trinajstić information content (AvgIpc) is 2.83. The normalized spacial score (nSPS) is 20.5. The molecule has 0 amide bonds. The fraction of sp³-hybridized carbons (Fsp3) is 0.400. The van der Waals surface area contributed by atoms with E-state index in [1.165, 1.54) is 6.42 Å². The molecular formula is C25H28ClN3O4. The predicted molar refractivity (Wildman–Crippen MR) is 128 cm³/mol. The van der Waals surface area contributed by atoms with Crippen LogP contribution < -0.4 is 10.6 Å². The number of halogens is 1. The molecule has 3 aromatic rings. The van der Waals surface area contributed by atoms with Crippen LogP contribution in [0.5, 0.6) is 0 Å². The van der Waals surface area contributed by atoms with Crippen molar-refractivity contribution >= 4 is 39.6 Å². The third-order valence-corrected chi connectivity index (χ3v) is 6.63. The summed E-state index contributed by atoms with van der Waals surface area (Å²) in [5.74, 6) is -1.90. The lowest BCUT2D eigenvalue weighted by Crippen LogP contribution is -2.56. The van der Waals surface area contributed by atoms with Crippen molar-refractivity contribution in [1.82, 2.24) is 4.98 Å². The van der Waals surface area contributed by atoms with Gasteiger partial charge in [0.25, 0.3) is 5.79 Å². The molecule has 1 aliphatic carbocycles. The number of benzene rings is 2. The molecule has 1 aliphatic heterocycles. The minimum Gasteiger partial charge on any atom is -0.375 e. The van der Waals surface area contributed by atoms with E-state index >= 15 is 0 Å². The van der Waals surface area contributed by atoms with Crippen LogP contribution in [0.2, 0.25) is 5.02 Å². The van der Waals surface area contributed by atoms with E-state index in [9.17, 15) is 0 Å². The Morgan fingerprint density at radius 2 is 1.64 bits per heavy atom. The summed E-state index contributed by atoms with van der Waals surface area (Å²) in [5.41, 5.74) is 3.54. The SMILES string of the molecule is CC(Nc1ccccc1Nc1ccnc2cc(Cl)ccc12)C1(C)OOC2(CCCCC2)OO1. The molecule has 7 nitrogen and oxygen atoms in total. The van der Waals surface area contributed by atoms with Gasteiger partial charge < -0.3 is 10.6 Å². The largest absolute Gasteiger partial charge is 0.375 e. The molecular weight excluding hydrogens is 442 g/mol. The summed E-state index contributed by atoms with van der Waals surface area (Å²) in [4.78, 5) is 27.4. The van der Waals surface area contributed by atoms with E-state index in [2.05, 4.69) is 15.6 Å². The van der Waals surface area contributed by atoms with Gasteiger partial charge in [0, 0.05) is 35.1 Å². The Morgan fingerprint density at radius 3 is 2.39 bits per heavy atom. The second-order valence-corrected chi connectivity index (χ2v) is 9.31. The van der Waals surface area contributed by atoms with Gasteiger partial charge in [0.15, 0.2) is 0 Å². The molecule has 8 heteroatoms. The maximum Gasteiger partial charge on any atom is 0.250 e. The Morgan fingerprint density at radius 1 is 0.909 bits per heavy atom. The highest BCUT2D eigenvalue weighted by Gasteiger charge is 2.49. The molecule has 33 heavy (non-hydrogen) atoms. The first-order chi connectivity index (χ1) is 16.0. The highest BCUT2D eigenvalue weighted by Crippen LogP contribution is 2.41. The standard InChI is InChI=1S/C25H28ClN3O4/c1-17(24(2)30-32-25(33-31-24)13-6-3-7-14-25)28-21-8-4-5-9-22(21)29-20-12-15-27-23-16-18(26)10-11-19(20)23/h4-5,8-12,15-17,28H,3,6-7,13-14H2,1-2H3,(H,27,29). The fourth-order valence-corrected chi connectivity index (χ4v) is 4.37. The van der Waals surface area contributed by atoms with Crippen LogP contribution in [0, 0.1) is 0 Å². The molecule has 2 heterocycles. The van der Waals surface area contributed by atoms with Crippen LogP contribution >= 0.6 is 11.6 Å². The molecule has 5 rings (SSSR count). The number of pyridine rings is 1. The predicted octanol–water partition coefficient (Wildman–Crippen LogP) is 6.72. The average molecular weight is 470 g/mol. The number of anilines is 3. The number of fused-ring (bicyclic) bond motifs is 1. The Bertz CT molecular complexity index is 1130. The lowest BCUT2D eigenvalue weighted by molar-refractivity contribution is -0.657. The van der Waals surface area contributed by atoms with Crippen molar-refractivity contribution in [2.75, 3.05) is 10.6 Å². The van der Waals surface area contributed by atoms with Gasteiger partial charge in [0.2, 0.25) is 5.79 Å². The van der Waals surface area contributed by atoms with Gasteiger partial charge in [-0.1, -0.05) is 30.2 Å². The van der Waals surface area contributed by atoms with E-state index in [-0.39, 0.29) is 6.04 Å². The summed E-state index contributed by atoms with van der Waals surface area (Å²) in [6, 6.07) is 15.3. The summed E-state index contributed by atoms with van der Waals surface area (Å²) < 4.78 is 0. The summed E-state index contributed by atoms with van der Waals surface area (Å²) in [6.07, 6.45) is 6.54. The van der Waals surface area contributed by atoms with Gasteiger partial charge in [0.1, 0.15) is 0 Å². The number of hydrogen-bond donors (Lipinski definition) is 2. The highest BCUT2D eigenvalue weighted by atomic mass is 35.5. The van der Waals surface area contributed by atoms with E-state index in [0.29, 0.717) is 5.02 Å². The van der Waals surface area contributed by atoms with Crippen LogP contribution in [0.1, 0.15) is 46.0 Å². The molecule has 0 radical (unpaired) electrons. The van der Waals surface area contributed by atoms with E-state index in [0.717, 1.165) is 53.6 Å². The number of nitrogens with zero attached hydrogens (tertiary/aromatic N) is 1. The maximum atomic E-state index is 6.13. The molecule has 1 unspecified atom stereocenters. The number of para-hydroxylation sites is 2. The summed E-state index contributed by atoms with van der Waals surface area (Å²) in [6.45, 7) is 3.77. The van der Waals surface area contributed by atoms with Crippen molar-refractivity contribution in [3.8, 4) is 0 Å². The van der Waals surface area contributed by atoms with Gasteiger partial charge in [0.05, 0.1) is 22.9 Å². The molecule has 2 N–H and O–H groups in total. The molecule has 1 atom stereocenters. The highest BCUT2D eigenvalue weighted by molar-refractivity contribution is 6.31.